The van der Waals surface area contributed by atoms with Crippen LogP contribution in [0.1, 0.15) is 68.7 Å². The zero-order valence-corrected chi connectivity index (χ0v) is 14.4. The lowest BCUT2D eigenvalue weighted by atomic mass is 9.50. The number of hydrogen-bond acceptors (Lipinski definition) is 1. The van der Waals surface area contributed by atoms with Gasteiger partial charge in [0.15, 0.2) is 0 Å². The molecule has 0 aromatic carbocycles. The second-order valence-corrected chi connectivity index (χ2v) is 9.40. The highest BCUT2D eigenvalue weighted by Gasteiger charge is 2.62. The van der Waals surface area contributed by atoms with E-state index in [1.807, 2.05) is 0 Å². The third-order valence-corrected chi connectivity index (χ3v) is 5.19. The average Bonchev–Trinajstić information content (AvgIpc) is 2.39. The quantitative estimate of drug-likeness (QED) is 0.598. The van der Waals surface area contributed by atoms with Crippen LogP contribution in [0.2, 0.25) is 0 Å². The van der Waals surface area contributed by atoms with E-state index in [4.69, 9.17) is 0 Å². The second-order valence-electron chi connectivity index (χ2n) is 9.40. The SMILES string of the molecule is CN1CCC(C(C)(C)C)C1(C(C)(C)C)C(C)(C)C. The topological polar surface area (TPSA) is 3.24 Å². The van der Waals surface area contributed by atoms with Crippen molar-refractivity contribution in [3.63, 3.8) is 0 Å². The predicted molar refractivity (Wildman–Crippen MR) is 81.8 cm³/mol. The normalized spacial score (nSPS) is 26.7. The predicted octanol–water partition coefficient (Wildman–Crippen LogP) is 4.82. The first-order valence-corrected chi connectivity index (χ1v) is 7.47. The van der Waals surface area contributed by atoms with Crippen LogP contribution in [0, 0.1) is 22.2 Å². The minimum absolute atomic E-state index is 0.262. The molecule has 1 heteroatoms. The minimum Gasteiger partial charge on any atom is -0.299 e. The summed E-state index contributed by atoms with van der Waals surface area (Å²) in [6.45, 7) is 23.1. The van der Waals surface area contributed by atoms with Crippen LogP contribution >= 0.6 is 0 Å². The Balaban J connectivity index is 3.48. The Hall–Kier alpha value is -0.0400. The Morgan fingerprint density at radius 3 is 1.44 bits per heavy atom. The Kier molecular flexibility index (Phi) is 3.76. The van der Waals surface area contributed by atoms with E-state index in [9.17, 15) is 0 Å². The summed E-state index contributed by atoms with van der Waals surface area (Å²) >= 11 is 0. The summed E-state index contributed by atoms with van der Waals surface area (Å²) in [5.41, 5.74) is 1.20. The molecule has 108 valence electrons. The summed E-state index contributed by atoms with van der Waals surface area (Å²) in [6, 6.07) is 0. The van der Waals surface area contributed by atoms with Gasteiger partial charge in [-0.2, -0.15) is 0 Å². The van der Waals surface area contributed by atoms with E-state index in [0.717, 1.165) is 5.92 Å². The van der Waals surface area contributed by atoms with Gasteiger partial charge in [0, 0.05) is 5.54 Å². The van der Waals surface area contributed by atoms with Gasteiger partial charge in [-0.1, -0.05) is 62.3 Å². The Labute approximate surface area is 115 Å². The fraction of sp³-hybridized carbons (Fsp3) is 1.00. The molecular weight excluding hydrogens is 218 g/mol. The van der Waals surface area contributed by atoms with Gasteiger partial charge in [-0.15, -0.1) is 0 Å². The van der Waals surface area contributed by atoms with Crippen LogP contribution in [0.15, 0.2) is 0 Å². The Morgan fingerprint density at radius 1 is 0.833 bits per heavy atom. The monoisotopic (exact) mass is 253 g/mol. The van der Waals surface area contributed by atoms with Crippen LogP contribution in [0.3, 0.4) is 0 Å². The van der Waals surface area contributed by atoms with Crippen molar-refractivity contribution in [3.05, 3.63) is 0 Å². The molecule has 18 heavy (non-hydrogen) atoms. The van der Waals surface area contributed by atoms with Crippen molar-refractivity contribution < 1.29 is 0 Å². The molecule has 1 aliphatic heterocycles. The van der Waals surface area contributed by atoms with E-state index >= 15 is 0 Å². The third-order valence-electron chi connectivity index (χ3n) is 5.19. The van der Waals surface area contributed by atoms with Crippen molar-refractivity contribution in [1.29, 1.82) is 0 Å². The number of rotatable bonds is 0. The van der Waals surface area contributed by atoms with Crippen LogP contribution in [-0.4, -0.2) is 24.0 Å². The fourth-order valence-electron chi connectivity index (χ4n) is 5.35. The van der Waals surface area contributed by atoms with Crippen molar-refractivity contribution >= 4 is 0 Å². The molecular formula is C17H35N. The molecule has 0 radical (unpaired) electrons. The lowest BCUT2D eigenvalue weighted by Crippen LogP contribution is -2.65. The molecule has 0 aliphatic carbocycles. The summed E-state index contributed by atoms with van der Waals surface area (Å²) < 4.78 is 0. The zero-order valence-electron chi connectivity index (χ0n) is 14.4. The van der Waals surface area contributed by atoms with Crippen LogP contribution in [-0.2, 0) is 0 Å². The van der Waals surface area contributed by atoms with Gasteiger partial charge in [-0.3, -0.25) is 4.90 Å². The maximum absolute atomic E-state index is 2.66. The van der Waals surface area contributed by atoms with E-state index in [0.29, 0.717) is 5.41 Å². The van der Waals surface area contributed by atoms with Gasteiger partial charge in [0.2, 0.25) is 0 Å². The molecule has 0 amide bonds. The molecule has 0 spiro atoms. The molecule has 0 aromatic heterocycles. The first kappa shape index (κ1) is 16.0. The molecule has 0 saturated carbocycles. The van der Waals surface area contributed by atoms with Gasteiger partial charge >= 0.3 is 0 Å². The van der Waals surface area contributed by atoms with E-state index in [2.05, 4.69) is 74.3 Å². The molecule has 1 saturated heterocycles. The van der Waals surface area contributed by atoms with Crippen LogP contribution in [0.5, 0.6) is 0 Å². The maximum atomic E-state index is 2.66. The largest absolute Gasteiger partial charge is 0.299 e. The lowest BCUT2D eigenvalue weighted by molar-refractivity contribution is -0.104. The molecule has 1 aliphatic rings. The molecule has 1 unspecified atom stereocenters. The average molecular weight is 253 g/mol. The van der Waals surface area contributed by atoms with Gasteiger partial charge in [0.1, 0.15) is 0 Å². The molecule has 1 rings (SSSR count). The van der Waals surface area contributed by atoms with E-state index < -0.39 is 0 Å². The first-order chi connectivity index (χ1) is 7.76. The van der Waals surface area contributed by atoms with E-state index in [-0.39, 0.29) is 16.4 Å². The van der Waals surface area contributed by atoms with Crippen LogP contribution in [0.25, 0.3) is 0 Å². The molecule has 1 fully saturated rings. The molecule has 1 nitrogen and oxygen atoms in total. The first-order valence-electron chi connectivity index (χ1n) is 7.47. The Morgan fingerprint density at radius 2 is 1.22 bits per heavy atom. The fourth-order valence-corrected chi connectivity index (χ4v) is 5.35. The number of likely N-dealkylation sites (tertiary alicyclic amines) is 1. The standard InChI is InChI=1S/C17H35N/c1-14(2,3)13-11-12-18(10)17(13,15(4,5)6)16(7,8)9/h13H,11-12H2,1-10H3. The summed E-state index contributed by atoms with van der Waals surface area (Å²) in [5.74, 6) is 0.745. The van der Waals surface area contributed by atoms with Crippen molar-refractivity contribution in [2.45, 2.75) is 74.3 Å². The summed E-state index contributed by atoms with van der Waals surface area (Å²) in [4.78, 5) is 2.66. The molecule has 1 heterocycles. The minimum atomic E-state index is 0.262. The van der Waals surface area contributed by atoms with E-state index in [1.54, 1.807) is 0 Å². The molecule has 0 aromatic rings. The lowest BCUT2D eigenvalue weighted by Gasteiger charge is -2.61. The smallest absolute Gasteiger partial charge is 0.0336 e. The van der Waals surface area contributed by atoms with Gasteiger partial charge < -0.3 is 0 Å². The van der Waals surface area contributed by atoms with Gasteiger partial charge in [-0.25, -0.2) is 0 Å². The van der Waals surface area contributed by atoms with Crippen LogP contribution < -0.4 is 0 Å². The summed E-state index contributed by atoms with van der Waals surface area (Å²) in [7, 11) is 2.34. The van der Waals surface area contributed by atoms with Crippen molar-refractivity contribution in [1.82, 2.24) is 4.90 Å². The zero-order chi connectivity index (χ0) is 14.6. The van der Waals surface area contributed by atoms with Crippen molar-refractivity contribution in [3.8, 4) is 0 Å². The molecule has 0 N–H and O–H groups in total. The van der Waals surface area contributed by atoms with Crippen molar-refractivity contribution in [2.75, 3.05) is 13.6 Å². The molecule has 1 atom stereocenters. The van der Waals surface area contributed by atoms with Gasteiger partial charge in [0.25, 0.3) is 0 Å². The number of nitrogens with zero attached hydrogens (tertiary/aromatic N) is 1. The maximum Gasteiger partial charge on any atom is 0.0336 e. The second kappa shape index (κ2) is 4.23. The van der Waals surface area contributed by atoms with Gasteiger partial charge in [0.05, 0.1) is 0 Å². The van der Waals surface area contributed by atoms with Crippen molar-refractivity contribution in [2.24, 2.45) is 22.2 Å². The summed E-state index contributed by atoms with van der Waals surface area (Å²) in [6.07, 6.45) is 1.33. The molecule has 0 bridgehead atoms. The van der Waals surface area contributed by atoms with Crippen LogP contribution in [0.4, 0.5) is 0 Å². The third kappa shape index (κ3) is 2.13. The highest BCUT2D eigenvalue weighted by Crippen LogP contribution is 2.60. The highest BCUT2D eigenvalue weighted by atomic mass is 15.2. The van der Waals surface area contributed by atoms with Gasteiger partial charge in [-0.05, 0) is 42.2 Å². The number of hydrogen-bond donors (Lipinski definition) is 0. The van der Waals surface area contributed by atoms with E-state index in [1.165, 1.54) is 13.0 Å². The summed E-state index contributed by atoms with van der Waals surface area (Å²) in [5, 5.41) is 0. The Bertz CT molecular complexity index is 281. The highest BCUT2D eigenvalue weighted by molar-refractivity contribution is 5.15.